The van der Waals surface area contributed by atoms with Gasteiger partial charge in [-0.3, -0.25) is 4.79 Å². The van der Waals surface area contributed by atoms with Crippen LogP contribution in [-0.4, -0.2) is 15.9 Å². The second-order valence-electron chi connectivity index (χ2n) is 7.44. The zero-order valence-electron chi connectivity index (χ0n) is 14.3. The second-order valence-corrected chi connectivity index (χ2v) is 7.44. The zero-order chi connectivity index (χ0) is 17.7. The van der Waals surface area contributed by atoms with E-state index in [1.165, 1.54) is 25.3 Å². The maximum absolute atomic E-state index is 13.9. The van der Waals surface area contributed by atoms with Crippen molar-refractivity contribution in [2.75, 3.05) is 5.32 Å². The molecule has 132 valence electrons. The lowest BCUT2D eigenvalue weighted by atomic mass is 9.85. The monoisotopic (exact) mass is 349 g/mol. The Bertz CT molecular complexity index is 992. The number of imidazole rings is 1. The van der Waals surface area contributed by atoms with Crippen LogP contribution in [0, 0.1) is 11.7 Å². The van der Waals surface area contributed by atoms with Crippen LogP contribution in [-0.2, 0) is 4.79 Å². The molecular weight excluding hydrogens is 329 g/mol. The molecule has 1 amide bonds. The minimum absolute atomic E-state index is 0.0164. The summed E-state index contributed by atoms with van der Waals surface area (Å²) in [4.78, 5) is 20.6. The third kappa shape index (κ3) is 2.68. The number of aromatic amines is 1. The van der Waals surface area contributed by atoms with Crippen molar-refractivity contribution in [2.45, 2.75) is 37.5 Å². The summed E-state index contributed by atoms with van der Waals surface area (Å²) < 4.78 is 13.9. The molecule has 0 aliphatic heterocycles. The average molecular weight is 349 g/mol. The predicted molar refractivity (Wildman–Crippen MR) is 98.6 cm³/mol. The maximum Gasteiger partial charge on any atom is 0.228 e. The van der Waals surface area contributed by atoms with Crippen LogP contribution in [0.1, 0.15) is 48.9 Å². The van der Waals surface area contributed by atoms with Crippen molar-refractivity contribution in [1.29, 1.82) is 0 Å². The smallest absolute Gasteiger partial charge is 0.228 e. The van der Waals surface area contributed by atoms with Gasteiger partial charge in [-0.05, 0) is 55.0 Å². The second kappa shape index (κ2) is 5.94. The van der Waals surface area contributed by atoms with Crippen molar-refractivity contribution in [2.24, 2.45) is 5.92 Å². The van der Waals surface area contributed by atoms with Crippen molar-refractivity contribution in [3.63, 3.8) is 0 Å². The van der Waals surface area contributed by atoms with Gasteiger partial charge < -0.3 is 10.3 Å². The highest BCUT2D eigenvalue weighted by Crippen LogP contribution is 2.48. The predicted octanol–water partition coefficient (Wildman–Crippen LogP) is 4.71. The summed E-state index contributed by atoms with van der Waals surface area (Å²) in [6.07, 6.45) is 4.36. The van der Waals surface area contributed by atoms with E-state index in [2.05, 4.69) is 15.3 Å². The number of nitrogens with one attached hydrogen (secondary N) is 2. The van der Waals surface area contributed by atoms with Crippen molar-refractivity contribution < 1.29 is 9.18 Å². The van der Waals surface area contributed by atoms with E-state index < -0.39 is 0 Å². The van der Waals surface area contributed by atoms with E-state index in [9.17, 15) is 9.18 Å². The third-order valence-corrected chi connectivity index (χ3v) is 5.69. The van der Waals surface area contributed by atoms with Gasteiger partial charge in [-0.2, -0.15) is 0 Å². The number of H-pyrrole nitrogens is 1. The molecule has 2 saturated carbocycles. The zero-order valence-corrected chi connectivity index (χ0v) is 14.3. The molecule has 0 saturated heterocycles. The highest BCUT2D eigenvalue weighted by Gasteiger charge is 2.45. The molecule has 0 spiro atoms. The van der Waals surface area contributed by atoms with Gasteiger partial charge in [0.05, 0.1) is 11.0 Å². The summed E-state index contributed by atoms with van der Waals surface area (Å²) in [5.41, 5.74) is 3.28. The number of hydrogen-bond donors (Lipinski definition) is 2. The Morgan fingerprint density at radius 2 is 2.04 bits per heavy atom. The maximum atomic E-state index is 13.9. The highest BCUT2D eigenvalue weighted by atomic mass is 19.1. The van der Waals surface area contributed by atoms with Crippen LogP contribution in [0.4, 0.5) is 10.1 Å². The number of aromatic nitrogens is 2. The molecule has 2 aliphatic carbocycles. The Hall–Kier alpha value is -2.69. The van der Waals surface area contributed by atoms with Gasteiger partial charge in [0.15, 0.2) is 0 Å². The molecule has 2 unspecified atom stereocenters. The van der Waals surface area contributed by atoms with Gasteiger partial charge in [0.1, 0.15) is 11.6 Å². The molecule has 5 rings (SSSR count). The van der Waals surface area contributed by atoms with Crippen LogP contribution in [0.5, 0.6) is 0 Å². The van der Waals surface area contributed by atoms with Crippen LogP contribution in [0.15, 0.2) is 42.5 Å². The Labute approximate surface area is 150 Å². The number of anilines is 1. The molecule has 0 radical (unpaired) electrons. The summed E-state index contributed by atoms with van der Waals surface area (Å²) in [7, 11) is 0. The number of rotatable bonds is 4. The van der Waals surface area contributed by atoms with Crippen LogP contribution in [0.3, 0.4) is 0 Å². The fourth-order valence-electron chi connectivity index (χ4n) is 3.82. The molecule has 1 aromatic heterocycles. The van der Waals surface area contributed by atoms with E-state index >= 15 is 0 Å². The highest BCUT2D eigenvalue weighted by molar-refractivity contribution is 5.96. The molecule has 2 N–H and O–H groups in total. The van der Waals surface area contributed by atoms with Crippen molar-refractivity contribution in [3.05, 3.63) is 59.7 Å². The molecule has 1 heterocycles. The quantitative estimate of drug-likeness (QED) is 0.716. The molecule has 26 heavy (non-hydrogen) atoms. The van der Waals surface area contributed by atoms with E-state index in [-0.39, 0.29) is 23.6 Å². The summed E-state index contributed by atoms with van der Waals surface area (Å²) in [5, 5.41) is 2.97. The van der Waals surface area contributed by atoms with Gasteiger partial charge in [0.2, 0.25) is 5.91 Å². The number of carbonyl (C=O) groups is 1. The first-order chi connectivity index (χ1) is 12.7. The number of hydrogen-bond acceptors (Lipinski definition) is 2. The fraction of sp³-hybridized carbons (Fsp3) is 0.333. The topological polar surface area (TPSA) is 57.8 Å². The number of benzene rings is 2. The SMILES string of the molecule is O=C(Nc1ccc2nc(C3CCC3)[nH]c2c1)C1CC1c1ccccc1F. The molecule has 2 atom stereocenters. The van der Waals surface area contributed by atoms with Gasteiger partial charge in [-0.15, -0.1) is 0 Å². The Balaban J connectivity index is 1.30. The first-order valence-electron chi connectivity index (χ1n) is 9.24. The van der Waals surface area contributed by atoms with E-state index in [1.807, 2.05) is 24.3 Å². The largest absolute Gasteiger partial charge is 0.342 e. The molecular formula is C21H20FN3O. The lowest BCUT2D eigenvalue weighted by Gasteiger charge is -2.22. The summed E-state index contributed by atoms with van der Waals surface area (Å²) in [6.45, 7) is 0. The molecule has 2 fully saturated rings. The molecule has 0 bridgehead atoms. The normalized spacial score (nSPS) is 22.2. The van der Waals surface area contributed by atoms with Crippen molar-refractivity contribution >= 4 is 22.6 Å². The van der Waals surface area contributed by atoms with Crippen molar-refractivity contribution in [3.8, 4) is 0 Å². The van der Waals surface area contributed by atoms with Crippen LogP contribution >= 0.6 is 0 Å². The minimum Gasteiger partial charge on any atom is -0.342 e. The van der Waals surface area contributed by atoms with E-state index in [4.69, 9.17) is 0 Å². The molecule has 4 nitrogen and oxygen atoms in total. The molecule has 2 aromatic carbocycles. The Kier molecular flexibility index (Phi) is 3.55. The summed E-state index contributed by atoms with van der Waals surface area (Å²) in [5.74, 6) is 1.16. The van der Waals surface area contributed by atoms with Gasteiger partial charge in [-0.1, -0.05) is 24.6 Å². The Morgan fingerprint density at radius 3 is 2.81 bits per heavy atom. The fourth-order valence-corrected chi connectivity index (χ4v) is 3.82. The first-order valence-corrected chi connectivity index (χ1v) is 9.24. The minimum atomic E-state index is -0.227. The third-order valence-electron chi connectivity index (χ3n) is 5.69. The van der Waals surface area contributed by atoms with Crippen LogP contribution in [0.25, 0.3) is 11.0 Å². The average Bonchev–Trinajstić information content (AvgIpc) is 3.27. The van der Waals surface area contributed by atoms with Gasteiger partial charge in [0, 0.05) is 17.5 Å². The number of fused-ring (bicyclic) bond motifs is 1. The van der Waals surface area contributed by atoms with Crippen LogP contribution in [0.2, 0.25) is 0 Å². The summed E-state index contributed by atoms with van der Waals surface area (Å²) >= 11 is 0. The lowest BCUT2D eigenvalue weighted by molar-refractivity contribution is -0.117. The van der Waals surface area contributed by atoms with Gasteiger partial charge >= 0.3 is 0 Å². The molecule has 2 aliphatic rings. The number of nitrogens with zero attached hydrogens (tertiary/aromatic N) is 1. The lowest BCUT2D eigenvalue weighted by Crippen LogP contribution is -2.14. The summed E-state index contributed by atoms with van der Waals surface area (Å²) in [6, 6.07) is 12.5. The number of amides is 1. The van der Waals surface area contributed by atoms with E-state index in [0.717, 1.165) is 22.5 Å². The van der Waals surface area contributed by atoms with E-state index in [1.54, 1.807) is 12.1 Å². The van der Waals surface area contributed by atoms with Crippen LogP contribution < -0.4 is 5.32 Å². The molecule has 3 aromatic rings. The van der Waals surface area contributed by atoms with Gasteiger partial charge in [-0.25, -0.2) is 9.37 Å². The van der Waals surface area contributed by atoms with Gasteiger partial charge in [0.25, 0.3) is 0 Å². The van der Waals surface area contributed by atoms with Crippen molar-refractivity contribution in [1.82, 2.24) is 9.97 Å². The van der Waals surface area contributed by atoms with E-state index in [0.29, 0.717) is 17.9 Å². The number of carbonyl (C=O) groups excluding carboxylic acids is 1. The Morgan fingerprint density at radius 1 is 1.19 bits per heavy atom. The number of halogens is 1. The first kappa shape index (κ1) is 15.6. The standard InChI is InChI=1S/C21H20FN3O/c22-17-7-2-1-6-14(17)15-11-16(15)21(26)23-13-8-9-18-19(10-13)25-20(24-18)12-4-3-5-12/h1-2,6-10,12,15-16H,3-5,11H2,(H,23,26)(H,24,25). The molecule has 5 heteroatoms.